The van der Waals surface area contributed by atoms with Gasteiger partial charge in [0.2, 0.25) is 5.91 Å². The Balaban J connectivity index is 1.22. The summed E-state index contributed by atoms with van der Waals surface area (Å²) in [5.41, 5.74) is 3.19. The van der Waals surface area contributed by atoms with Crippen LogP contribution in [0.1, 0.15) is 5.82 Å². The number of para-hydroxylation sites is 2. The van der Waals surface area contributed by atoms with Crippen molar-refractivity contribution in [2.75, 3.05) is 18.0 Å². The lowest BCUT2D eigenvalue weighted by Gasteiger charge is -2.38. The summed E-state index contributed by atoms with van der Waals surface area (Å²) < 4.78 is 1.61. The molecule has 2 N–H and O–H groups in total. The summed E-state index contributed by atoms with van der Waals surface area (Å²) in [6.07, 6.45) is 1.50. The lowest BCUT2D eigenvalue weighted by Crippen LogP contribution is -2.54. The van der Waals surface area contributed by atoms with Gasteiger partial charge in [0.05, 0.1) is 23.5 Å². The number of aryl methyl sites for hydroxylation is 1. The fraction of sp³-hybridized carbons (Fsp3) is 0.294. The van der Waals surface area contributed by atoms with Crippen LogP contribution in [0.3, 0.4) is 0 Å². The van der Waals surface area contributed by atoms with Crippen LogP contribution >= 0.6 is 0 Å². The Morgan fingerprint density at radius 1 is 1.30 bits per heavy atom. The van der Waals surface area contributed by atoms with Crippen LogP contribution in [0.25, 0.3) is 22.2 Å². The van der Waals surface area contributed by atoms with Gasteiger partial charge in [-0.3, -0.25) is 4.79 Å². The van der Waals surface area contributed by atoms with E-state index < -0.39 is 0 Å². The van der Waals surface area contributed by atoms with E-state index in [2.05, 4.69) is 35.6 Å². The topological polar surface area (TPSA) is 118 Å². The molecule has 0 radical (unpaired) electrons. The van der Waals surface area contributed by atoms with Gasteiger partial charge in [-0.2, -0.15) is 0 Å². The van der Waals surface area contributed by atoms with Gasteiger partial charge in [-0.05, 0) is 12.1 Å². The number of fused-ring (bicyclic) bond motifs is 2. The zero-order valence-electron chi connectivity index (χ0n) is 14.6. The van der Waals surface area contributed by atoms with Crippen molar-refractivity contribution in [3.8, 4) is 0 Å². The maximum atomic E-state index is 12.4. The van der Waals surface area contributed by atoms with Crippen LogP contribution in [0.5, 0.6) is 0 Å². The highest BCUT2D eigenvalue weighted by Gasteiger charge is 2.35. The second-order valence-corrected chi connectivity index (χ2v) is 6.60. The number of nitrogens with zero attached hydrogens (tertiary/aromatic N) is 7. The van der Waals surface area contributed by atoms with E-state index in [0.717, 1.165) is 22.7 Å². The van der Waals surface area contributed by atoms with Crippen molar-refractivity contribution in [1.29, 1.82) is 0 Å². The second-order valence-electron chi connectivity index (χ2n) is 6.60. The van der Waals surface area contributed by atoms with Gasteiger partial charge < -0.3 is 15.2 Å². The summed E-state index contributed by atoms with van der Waals surface area (Å²) in [5.74, 6) is 1.39. The van der Waals surface area contributed by atoms with E-state index in [1.54, 1.807) is 11.7 Å². The molecule has 3 aromatic heterocycles. The van der Waals surface area contributed by atoms with E-state index in [4.69, 9.17) is 0 Å². The molecule has 10 nitrogen and oxygen atoms in total. The first-order valence-electron chi connectivity index (χ1n) is 8.66. The van der Waals surface area contributed by atoms with Gasteiger partial charge in [-0.15, -0.1) is 5.10 Å². The maximum absolute atomic E-state index is 12.4. The number of nitrogens with one attached hydrogen (secondary N) is 2. The number of H-pyrrole nitrogens is 1. The van der Waals surface area contributed by atoms with E-state index in [-0.39, 0.29) is 11.8 Å². The molecule has 0 aliphatic carbocycles. The van der Waals surface area contributed by atoms with E-state index >= 15 is 0 Å². The van der Waals surface area contributed by atoms with Crippen molar-refractivity contribution in [2.24, 2.45) is 13.0 Å². The normalized spacial score (nSPS) is 14.6. The smallest absolute Gasteiger partial charge is 0.227 e. The van der Waals surface area contributed by atoms with Gasteiger partial charge in [0.1, 0.15) is 12.2 Å². The molecule has 4 aromatic rings. The van der Waals surface area contributed by atoms with Crippen molar-refractivity contribution >= 4 is 33.9 Å². The van der Waals surface area contributed by atoms with E-state index in [0.29, 0.717) is 30.8 Å². The Morgan fingerprint density at radius 3 is 3.00 bits per heavy atom. The molecule has 0 saturated carbocycles. The monoisotopic (exact) mass is 363 g/mol. The predicted octanol–water partition coefficient (Wildman–Crippen LogP) is 0.387. The van der Waals surface area contributed by atoms with Crippen molar-refractivity contribution < 1.29 is 4.79 Å². The third-order valence-corrected chi connectivity index (χ3v) is 4.79. The molecule has 1 saturated heterocycles. The number of aromatic nitrogens is 7. The quantitative estimate of drug-likeness (QED) is 0.538. The first-order valence-corrected chi connectivity index (χ1v) is 8.66. The average Bonchev–Trinajstić information content (AvgIpc) is 3.23. The number of benzene rings is 1. The van der Waals surface area contributed by atoms with Gasteiger partial charge in [0.15, 0.2) is 17.0 Å². The molecule has 1 amide bonds. The van der Waals surface area contributed by atoms with Gasteiger partial charge in [0.25, 0.3) is 0 Å². The molecular formula is C17H17N9O. The fourth-order valence-corrected chi connectivity index (χ4v) is 3.29. The number of anilines is 1. The molecule has 136 valence electrons. The van der Waals surface area contributed by atoms with E-state index in [1.807, 2.05) is 29.2 Å². The van der Waals surface area contributed by atoms with Gasteiger partial charge >= 0.3 is 0 Å². The van der Waals surface area contributed by atoms with Crippen LogP contribution in [0, 0.1) is 5.92 Å². The Labute approximate surface area is 153 Å². The number of rotatable bonds is 4. The SMILES string of the molecule is Cn1nnc2c(N3CC(C(=O)NCc4nc5ccccc5[nH]4)C3)ncnc21. The van der Waals surface area contributed by atoms with Crippen molar-refractivity contribution in [3.63, 3.8) is 0 Å². The Morgan fingerprint density at radius 2 is 2.15 bits per heavy atom. The summed E-state index contributed by atoms with van der Waals surface area (Å²) in [7, 11) is 1.79. The van der Waals surface area contributed by atoms with Crippen LogP contribution in [-0.4, -0.2) is 53.9 Å². The van der Waals surface area contributed by atoms with Gasteiger partial charge in [-0.1, -0.05) is 17.3 Å². The minimum absolute atomic E-state index is 0.0103. The molecule has 0 unspecified atom stereocenters. The molecule has 1 aromatic carbocycles. The van der Waals surface area contributed by atoms with Gasteiger partial charge in [0, 0.05) is 20.1 Å². The number of imidazole rings is 1. The summed E-state index contributed by atoms with van der Waals surface area (Å²) in [4.78, 5) is 30.6. The summed E-state index contributed by atoms with van der Waals surface area (Å²) in [6, 6.07) is 7.80. The van der Waals surface area contributed by atoms with Crippen LogP contribution < -0.4 is 10.2 Å². The lowest BCUT2D eigenvalue weighted by atomic mass is 9.99. The minimum Gasteiger partial charge on any atom is -0.353 e. The number of carbonyl (C=O) groups is 1. The number of hydrogen-bond donors (Lipinski definition) is 2. The molecule has 1 aliphatic heterocycles. The minimum atomic E-state index is -0.0870. The molecule has 1 aliphatic rings. The Kier molecular flexibility index (Phi) is 3.49. The summed E-state index contributed by atoms with van der Waals surface area (Å²) in [5, 5.41) is 11.1. The maximum Gasteiger partial charge on any atom is 0.227 e. The fourth-order valence-electron chi connectivity index (χ4n) is 3.29. The highest BCUT2D eigenvalue weighted by Crippen LogP contribution is 2.27. The lowest BCUT2D eigenvalue weighted by molar-refractivity contribution is -0.125. The van der Waals surface area contributed by atoms with Crippen molar-refractivity contribution in [2.45, 2.75) is 6.54 Å². The number of aromatic amines is 1. The first-order chi connectivity index (χ1) is 13.2. The molecule has 0 bridgehead atoms. The molecule has 27 heavy (non-hydrogen) atoms. The Bertz CT molecular complexity index is 1110. The Hall–Kier alpha value is -3.56. The molecule has 10 heteroatoms. The van der Waals surface area contributed by atoms with Crippen LogP contribution in [0.2, 0.25) is 0 Å². The summed E-state index contributed by atoms with van der Waals surface area (Å²) >= 11 is 0. The molecule has 0 atom stereocenters. The highest BCUT2D eigenvalue weighted by molar-refractivity contribution is 5.86. The second kappa shape index (κ2) is 6.01. The average molecular weight is 363 g/mol. The first kappa shape index (κ1) is 15.7. The molecule has 5 rings (SSSR count). The number of hydrogen-bond acceptors (Lipinski definition) is 7. The van der Waals surface area contributed by atoms with E-state index in [1.165, 1.54) is 6.33 Å². The zero-order valence-corrected chi connectivity index (χ0v) is 14.6. The summed E-state index contributed by atoms with van der Waals surface area (Å²) in [6.45, 7) is 1.56. The van der Waals surface area contributed by atoms with Crippen molar-refractivity contribution in [1.82, 2.24) is 40.2 Å². The third-order valence-electron chi connectivity index (χ3n) is 4.79. The highest BCUT2D eigenvalue weighted by atomic mass is 16.2. The predicted molar refractivity (Wildman–Crippen MR) is 97.7 cm³/mol. The molecular weight excluding hydrogens is 346 g/mol. The van der Waals surface area contributed by atoms with E-state index in [9.17, 15) is 4.79 Å². The van der Waals surface area contributed by atoms with Crippen LogP contribution in [-0.2, 0) is 18.4 Å². The molecule has 1 fully saturated rings. The number of carbonyl (C=O) groups excluding carboxylic acids is 1. The van der Waals surface area contributed by atoms with Crippen LogP contribution in [0.4, 0.5) is 5.82 Å². The van der Waals surface area contributed by atoms with Crippen LogP contribution in [0.15, 0.2) is 30.6 Å². The largest absolute Gasteiger partial charge is 0.353 e. The van der Waals surface area contributed by atoms with Gasteiger partial charge in [-0.25, -0.2) is 19.6 Å². The molecule has 4 heterocycles. The standard InChI is InChI=1S/C17H17N9O/c1-25-15-14(23-24-25)16(20-9-19-15)26-7-10(8-26)17(27)18-6-13-21-11-4-2-3-5-12(11)22-13/h2-5,9-10H,6-8H2,1H3,(H,18,27)(H,21,22). The van der Waals surface area contributed by atoms with Crippen molar-refractivity contribution in [3.05, 3.63) is 36.4 Å². The zero-order chi connectivity index (χ0) is 18.4. The number of amides is 1. The third kappa shape index (κ3) is 2.65. The molecule has 0 spiro atoms.